The summed E-state index contributed by atoms with van der Waals surface area (Å²) in [6, 6.07) is 12.1. The molecule has 0 saturated heterocycles. The third-order valence-corrected chi connectivity index (χ3v) is 2.75. The van der Waals surface area contributed by atoms with Crippen molar-refractivity contribution < 1.29 is 0 Å². The van der Waals surface area contributed by atoms with Gasteiger partial charge in [0, 0.05) is 16.7 Å². The van der Waals surface area contributed by atoms with Crippen LogP contribution in [-0.2, 0) is 0 Å². The number of hydrogen-bond acceptors (Lipinski definition) is 3. The van der Waals surface area contributed by atoms with Crippen LogP contribution in [0.4, 0.5) is 0 Å². The topological polar surface area (TPSA) is 25.8 Å². The van der Waals surface area contributed by atoms with Gasteiger partial charge in [0.05, 0.1) is 5.69 Å². The van der Waals surface area contributed by atoms with E-state index in [2.05, 4.69) is 28.6 Å². The summed E-state index contributed by atoms with van der Waals surface area (Å²) in [6.45, 7) is 0. The Morgan fingerprint density at radius 3 is 2.64 bits per heavy atom. The first-order valence-corrected chi connectivity index (χ1v) is 5.55. The van der Waals surface area contributed by atoms with Gasteiger partial charge in [0.15, 0.2) is 0 Å². The van der Waals surface area contributed by atoms with Gasteiger partial charge < -0.3 is 0 Å². The first kappa shape index (κ1) is 9.21. The van der Waals surface area contributed by atoms with Crippen molar-refractivity contribution in [3.05, 3.63) is 42.6 Å². The van der Waals surface area contributed by atoms with Crippen LogP contribution in [0.5, 0.6) is 0 Å². The molecule has 0 radical (unpaired) electrons. The molecule has 2 aromatic rings. The molecule has 0 unspecified atom stereocenters. The van der Waals surface area contributed by atoms with Crippen LogP contribution in [0.1, 0.15) is 0 Å². The summed E-state index contributed by atoms with van der Waals surface area (Å²) in [5.74, 6) is 0. The molecular formula is C11H10N2S. The van der Waals surface area contributed by atoms with Gasteiger partial charge in [-0.25, -0.2) is 0 Å². The predicted octanol–water partition coefficient (Wildman–Crippen LogP) is 2.87. The Morgan fingerprint density at radius 2 is 1.93 bits per heavy atom. The third-order valence-electron chi connectivity index (χ3n) is 1.96. The smallest absolute Gasteiger partial charge is 0.0940 e. The highest BCUT2D eigenvalue weighted by Crippen LogP contribution is 2.27. The van der Waals surface area contributed by atoms with E-state index in [0.717, 1.165) is 11.3 Å². The molecule has 0 bridgehead atoms. The minimum absolute atomic E-state index is 0.928. The molecule has 1 aromatic carbocycles. The lowest BCUT2D eigenvalue weighted by Crippen LogP contribution is -1.87. The van der Waals surface area contributed by atoms with Crippen molar-refractivity contribution in [1.82, 2.24) is 10.2 Å². The summed E-state index contributed by atoms with van der Waals surface area (Å²) in [5, 5.41) is 7.97. The van der Waals surface area contributed by atoms with E-state index in [0.29, 0.717) is 0 Å². The monoisotopic (exact) mass is 202 g/mol. The molecule has 70 valence electrons. The number of hydrogen-bond donors (Lipinski definition) is 0. The standard InChI is InChI=1S/C11H10N2S/c1-14-11-7-3-2-5-9(11)10-6-4-8-12-13-10/h2-8H,1H3. The van der Waals surface area contributed by atoms with Gasteiger partial charge in [-0.15, -0.1) is 11.8 Å². The fourth-order valence-electron chi connectivity index (χ4n) is 1.30. The maximum Gasteiger partial charge on any atom is 0.0940 e. The molecule has 1 heterocycles. The lowest BCUT2D eigenvalue weighted by Gasteiger charge is -2.04. The fraction of sp³-hybridized carbons (Fsp3) is 0.0909. The first-order chi connectivity index (χ1) is 6.92. The van der Waals surface area contributed by atoms with Gasteiger partial charge in [-0.05, 0) is 24.5 Å². The predicted molar refractivity (Wildman–Crippen MR) is 59.2 cm³/mol. The molecule has 0 aliphatic carbocycles. The molecule has 3 heteroatoms. The second kappa shape index (κ2) is 4.24. The first-order valence-electron chi connectivity index (χ1n) is 4.33. The normalized spacial score (nSPS) is 10.1. The SMILES string of the molecule is CSc1ccccc1-c1cccnn1. The van der Waals surface area contributed by atoms with Gasteiger partial charge in [0.2, 0.25) is 0 Å². The van der Waals surface area contributed by atoms with Crippen molar-refractivity contribution in [2.75, 3.05) is 6.26 Å². The molecular weight excluding hydrogens is 192 g/mol. The molecule has 0 N–H and O–H groups in total. The van der Waals surface area contributed by atoms with Gasteiger partial charge in [-0.1, -0.05) is 18.2 Å². The average Bonchev–Trinajstić information content (AvgIpc) is 2.30. The largest absolute Gasteiger partial charge is 0.159 e. The van der Waals surface area contributed by atoms with E-state index in [4.69, 9.17) is 0 Å². The fourth-order valence-corrected chi connectivity index (χ4v) is 1.91. The Labute approximate surface area is 87.4 Å². The number of thioether (sulfide) groups is 1. The Kier molecular flexibility index (Phi) is 2.79. The van der Waals surface area contributed by atoms with Crippen molar-refractivity contribution in [3.63, 3.8) is 0 Å². The van der Waals surface area contributed by atoms with E-state index in [1.165, 1.54) is 4.90 Å². The summed E-state index contributed by atoms with van der Waals surface area (Å²) in [7, 11) is 0. The minimum atomic E-state index is 0.928. The summed E-state index contributed by atoms with van der Waals surface area (Å²) in [5.41, 5.74) is 2.07. The molecule has 0 spiro atoms. The van der Waals surface area contributed by atoms with Crippen molar-refractivity contribution in [3.8, 4) is 11.3 Å². The van der Waals surface area contributed by atoms with E-state index in [9.17, 15) is 0 Å². The second-order valence-corrected chi connectivity index (χ2v) is 3.66. The molecule has 0 amide bonds. The zero-order valence-corrected chi connectivity index (χ0v) is 8.66. The molecule has 1 aromatic heterocycles. The minimum Gasteiger partial charge on any atom is -0.159 e. The van der Waals surface area contributed by atoms with Crippen LogP contribution in [0.3, 0.4) is 0 Å². The van der Waals surface area contributed by atoms with Crippen LogP contribution < -0.4 is 0 Å². The summed E-state index contributed by atoms with van der Waals surface area (Å²) >= 11 is 1.72. The molecule has 0 saturated carbocycles. The molecule has 0 fully saturated rings. The van der Waals surface area contributed by atoms with Gasteiger partial charge in [0.1, 0.15) is 0 Å². The summed E-state index contributed by atoms with van der Waals surface area (Å²) < 4.78 is 0. The zero-order valence-electron chi connectivity index (χ0n) is 7.84. The summed E-state index contributed by atoms with van der Waals surface area (Å²) in [4.78, 5) is 1.23. The Morgan fingerprint density at radius 1 is 1.07 bits per heavy atom. The van der Waals surface area contributed by atoms with Crippen LogP contribution in [0, 0.1) is 0 Å². The molecule has 0 atom stereocenters. The maximum atomic E-state index is 4.09. The number of aromatic nitrogens is 2. The highest BCUT2D eigenvalue weighted by Gasteiger charge is 2.03. The third kappa shape index (κ3) is 1.77. The number of nitrogens with zero attached hydrogens (tertiary/aromatic N) is 2. The maximum absolute atomic E-state index is 4.09. The van der Waals surface area contributed by atoms with E-state index < -0.39 is 0 Å². The van der Waals surface area contributed by atoms with Crippen LogP contribution in [0.25, 0.3) is 11.3 Å². The van der Waals surface area contributed by atoms with Gasteiger partial charge in [0.25, 0.3) is 0 Å². The van der Waals surface area contributed by atoms with Crippen molar-refractivity contribution in [1.29, 1.82) is 0 Å². The lowest BCUT2D eigenvalue weighted by molar-refractivity contribution is 1.03. The number of benzene rings is 1. The van der Waals surface area contributed by atoms with Crippen LogP contribution in [0.15, 0.2) is 47.5 Å². The Balaban J connectivity index is 2.51. The molecule has 0 aliphatic rings. The molecule has 2 nitrogen and oxygen atoms in total. The van der Waals surface area contributed by atoms with E-state index in [1.54, 1.807) is 18.0 Å². The lowest BCUT2D eigenvalue weighted by atomic mass is 10.1. The van der Waals surface area contributed by atoms with Crippen LogP contribution in [-0.4, -0.2) is 16.5 Å². The quantitative estimate of drug-likeness (QED) is 0.700. The van der Waals surface area contributed by atoms with Crippen molar-refractivity contribution >= 4 is 11.8 Å². The Bertz CT molecular complexity index is 415. The van der Waals surface area contributed by atoms with Crippen LogP contribution >= 0.6 is 11.8 Å². The van der Waals surface area contributed by atoms with Crippen LogP contribution in [0.2, 0.25) is 0 Å². The average molecular weight is 202 g/mol. The van der Waals surface area contributed by atoms with Crippen molar-refractivity contribution in [2.45, 2.75) is 4.90 Å². The van der Waals surface area contributed by atoms with E-state index in [1.807, 2.05) is 24.3 Å². The van der Waals surface area contributed by atoms with Gasteiger partial charge in [-0.2, -0.15) is 10.2 Å². The molecule has 14 heavy (non-hydrogen) atoms. The van der Waals surface area contributed by atoms with E-state index >= 15 is 0 Å². The second-order valence-electron chi connectivity index (χ2n) is 2.81. The summed E-state index contributed by atoms with van der Waals surface area (Å²) in [6.07, 6.45) is 3.75. The van der Waals surface area contributed by atoms with Crippen molar-refractivity contribution in [2.24, 2.45) is 0 Å². The van der Waals surface area contributed by atoms with Gasteiger partial charge >= 0.3 is 0 Å². The molecule has 2 rings (SSSR count). The Hall–Kier alpha value is -1.35. The highest BCUT2D eigenvalue weighted by atomic mass is 32.2. The molecule has 0 aliphatic heterocycles. The van der Waals surface area contributed by atoms with Gasteiger partial charge in [-0.3, -0.25) is 0 Å². The zero-order chi connectivity index (χ0) is 9.80. The number of rotatable bonds is 2. The van der Waals surface area contributed by atoms with E-state index in [-0.39, 0.29) is 0 Å². The highest BCUT2D eigenvalue weighted by molar-refractivity contribution is 7.98.